The Hall–Kier alpha value is -1.60. The van der Waals surface area contributed by atoms with E-state index in [-0.39, 0.29) is 12.0 Å². The van der Waals surface area contributed by atoms with Gasteiger partial charge >= 0.3 is 6.09 Å². The van der Waals surface area contributed by atoms with Crippen molar-refractivity contribution in [2.45, 2.75) is 39.8 Å². The van der Waals surface area contributed by atoms with E-state index in [4.69, 9.17) is 10.5 Å². The van der Waals surface area contributed by atoms with Gasteiger partial charge in [0.1, 0.15) is 5.60 Å². The van der Waals surface area contributed by atoms with Crippen LogP contribution >= 0.6 is 11.3 Å². The van der Waals surface area contributed by atoms with Crippen LogP contribution in [0, 0.1) is 5.92 Å². The molecule has 1 aromatic heterocycles. The molecule has 0 aliphatic carbocycles. The van der Waals surface area contributed by atoms with Gasteiger partial charge in [-0.1, -0.05) is 6.92 Å². The second-order valence-electron chi connectivity index (χ2n) is 6.76. The average Bonchev–Trinajstić information content (AvgIpc) is 2.85. The Bertz CT molecular complexity index is 537. The Morgan fingerprint density at radius 2 is 2.09 bits per heavy atom. The van der Waals surface area contributed by atoms with E-state index >= 15 is 0 Å². The van der Waals surface area contributed by atoms with Crippen LogP contribution in [0.1, 0.15) is 42.9 Å². The zero-order chi connectivity index (χ0) is 17.6. The molecule has 0 aliphatic heterocycles. The molecule has 0 bridgehead atoms. The fraction of sp³-hybridized carbons (Fsp3) is 0.625. The highest BCUT2D eigenvalue weighted by Gasteiger charge is 2.20. The van der Waals surface area contributed by atoms with Gasteiger partial charge in [0.15, 0.2) is 0 Å². The topological polar surface area (TPSA) is 84.7 Å². The standard InChI is InChI=1S/C16H27N3O3S/c1-11(9-19(5)15(21)22-16(2,3)4)7-18-8-13-6-12(10-23-13)14(17)20/h6,10-11,18H,7-9H2,1-5H3,(H2,17,20). The summed E-state index contributed by atoms with van der Waals surface area (Å²) in [5, 5.41) is 5.09. The third-order valence-electron chi connectivity index (χ3n) is 3.02. The predicted molar refractivity (Wildman–Crippen MR) is 92.6 cm³/mol. The second kappa shape index (κ2) is 8.31. The van der Waals surface area contributed by atoms with Gasteiger partial charge < -0.3 is 20.7 Å². The van der Waals surface area contributed by atoms with Crippen molar-refractivity contribution >= 4 is 23.3 Å². The third-order valence-corrected chi connectivity index (χ3v) is 3.96. The molecule has 6 nitrogen and oxygen atoms in total. The molecule has 1 rings (SSSR count). The lowest BCUT2D eigenvalue weighted by atomic mass is 10.1. The highest BCUT2D eigenvalue weighted by molar-refractivity contribution is 7.10. The van der Waals surface area contributed by atoms with Gasteiger partial charge in [-0.3, -0.25) is 4.79 Å². The Kier molecular flexibility index (Phi) is 7.02. The van der Waals surface area contributed by atoms with Crippen LogP contribution in [-0.2, 0) is 11.3 Å². The van der Waals surface area contributed by atoms with Crippen LogP contribution in [-0.4, -0.2) is 42.6 Å². The van der Waals surface area contributed by atoms with E-state index in [1.807, 2.05) is 20.8 Å². The molecule has 0 radical (unpaired) electrons. The van der Waals surface area contributed by atoms with E-state index < -0.39 is 11.5 Å². The number of hydrogen-bond acceptors (Lipinski definition) is 5. The summed E-state index contributed by atoms with van der Waals surface area (Å²) in [5.41, 5.74) is 5.29. The summed E-state index contributed by atoms with van der Waals surface area (Å²) in [6.45, 7) is 9.67. The fourth-order valence-electron chi connectivity index (χ4n) is 1.99. The number of primary amides is 1. The molecule has 1 heterocycles. The van der Waals surface area contributed by atoms with Crippen LogP contribution < -0.4 is 11.1 Å². The van der Waals surface area contributed by atoms with E-state index in [0.29, 0.717) is 18.7 Å². The summed E-state index contributed by atoms with van der Waals surface area (Å²) in [6, 6.07) is 1.80. The molecule has 1 unspecified atom stereocenters. The van der Waals surface area contributed by atoms with Crippen molar-refractivity contribution in [1.82, 2.24) is 10.2 Å². The zero-order valence-electron chi connectivity index (χ0n) is 14.5. The molecule has 0 saturated carbocycles. The molecule has 1 aromatic rings. The van der Waals surface area contributed by atoms with Gasteiger partial charge in [-0.2, -0.15) is 0 Å². The molecule has 7 heteroatoms. The molecule has 0 aliphatic rings. The first kappa shape index (κ1) is 19.4. The van der Waals surface area contributed by atoms with Gasteiger partial charge in [-0.25, -0.2) is 4.79 Å². The summed E-state index contributed by atoms with van der Waals surface area (Å²) in [5.74, 6) is -0.122. The largest absolute Gasteiger partial charge is 0.444 e. The highest BCUT2D eigenvalue weighted by atomic mass is 32.1. The van der Waals surface area contributed by atoms with Gasteiger partial charge in [0.05, 0.1) is 5.56 Å². The number of nitrogens with one attached hydrogen (secondary N) is 1. The Morgan fingerprint density at radius 3 is 2.61 bits per heavy atom. The van der Waals surface area contributed by atoms with Gasteiger partial charge in [0, 0.05) is 30.4 Å². The number of thiophene rings is 1. The SMILES string of the molecule is CC(CNCc1cc(C(N)=O)cs1)CN(C)C(=O)OC(C)(C)C. The normalized spacial score (nSPS) is 12.7. The smallest absolute Gasteiger partial charge is 0.410 e. The van der Waals surface area contributed by atoms with E-state index in [1.54, 1.807) is 23.4 Å². The monoisotopic (exact) mass is 341 g/mol. The Morgan fingerprint density at radius 1 is 1.43 bits per heavy atom. The number of carbonyl (C=O) groups excluding carboxylic acids is 2. The van der Waals surface area contributed by atoms with Crippen molar-refractivity contribution in [2.75, 3.05) is 20.1 Å². The van der Waals surface area contributed by atoms with Crippen molar-refractivity contribution in [2.24, 2.45) is 11.7 Å². The highest BCUT2D eigenvalue weighted by Crippen LogP contribution is 2.14. The first-order valence-electron chi connectivity index (χ1n) is 7.60. The number of rotatable bonds is 7. The Balaban J connectivity index is 2.31. The van der Waals surface area contributed by atoms with Gasteiger partial charge in [-0.15, -0.1) is 11.3 Å². The van der Waals surface area contributed by atoms with Crippen LogP contribution in [0.2, 0.25) is 0 Å². The lowest BCUT2D eigenvalue weighted by molar-refractivity contribution is 0.0277. The molecule has 0 saturated heterocycles. The lowest BCUT2D eigenvalue weighted by Gasteiger charge is -2.26. The van der Waals surface area contributed by atoms with Crippen molar-refractivity contribution < 1.29 is 14.3 Å². The molecule has 0 aromatic carbocycles. The summed E-state index contributed by atoms with van der Waals surface area (Å²) < 4.78 is 5.32. The number of nitrogens with two attached hydrogens (primary N) is 1. The van der Waals surface area contributed by atoms with Crippen LogP contribution in [0.5, 0.6) is 0 Å². The van der Waals surface area contributed by atoms with E-state index in [2.05, 4.69) is 12.2 Å². The predicted octanol–water partition coefficient (Wildman–Crippen LogP) is 2.44. The van der Waals surface area contributed by atoms with Crippen LogP contribution in [0.4, 0.5) is 4.79 Å². The quantitative estimate of drug-likeness (QED) is 0.798. The van der Waals surface area contributed by atoms with Gasteiger partial charge in [0.25, 0.3) is 0 Å². The first-order valence-corrected chi connectivity index (χ1v) is 8.48. The van der Waals surface area contributed by atoms with Gasteiger partial charge in [0.2, 0.25) is 5.91 Å². The van der Waals surface area contributed by atoms with Crippen LogP contribution in [0.15, 0.2) is 11.4 Å². The Labute approximate surface area is 142 Å². The summed E-state index contributed by atoms with van der Waals surface area (Å²) in [4.78, 5) is 25.6. The number of carbonyl (C=O) groups is 2. The minimum absolute atomic E-state index is 0.281. The first-order chi connectivity index (χ1) is 10.6. The van der Waals surface area contributed by atoms with Crippen LogP contribution in [0.25, 0.3) is 0 Å². The lowest BCUT2D eigenvalue weighted by Crippen LogP contribution is -2.38. The van der Waals surface area contributed by atoms with Crippen LogP contribution in [0.3, 0.4) is 0 Å². The minimum atomic E-state index is -0.482. The number of nitrogens with zero attached hydrogens (tertiary/aromatic N) is 1. The maximum atomic E-state index is 11.9. The summed E-state index contributed by atoms with van der Waals surface area (Å²) in [6.07, 6.45) is -0.311. The number of hydrogen-bond donors (Lipinski definition) is 2. The molecule has 130 valence electrons. The molecule has 0 spiro atoms. The van der Waals surface area contributed by atoms with E-state index in [0.717, 1.165) is 11.4 Å². The summed E-state index contributed by atoms with van der Waals surface area (Å²) in [7, 11) is 1.74. The van der Waals surface area contributed by atoms with Crippen molar-refractivity contribution in [3.8, 4) is 0 Å². The van der Waals surface area contributed by atoms with Crippen molar-refractivity contribution in [1.29, 1.82) is 0 Å². The van der Waals surface area contributed by atoms with Gasteiger partial charge in [-0.05, 0) is 39.3 Å². The zero-order valence-corrected chi connectivity index (χ0v) is 15.3. The maximum Gasteiger partial charge on any atom is 0.410 e. The molecule has 1 atom stereocenters. The molecular weight excluding hydrogens is 314 g/mol. The van der Waals surface area contributed by atoms with Crippen molar-refractivity contribution in [3.63, 3.8) is 0 Å². The number of amides is 2. The molecule has 2 amide bonds. The number of ether oxygens (including phenoxy) is 1. The second-order valence-corrected chi connectivity index (χ2v) is 7.76. The third kappa shape index (κ3) is 7.47. The van der Waals surface area contributed by atoms with E-state index in [9.17, 15) is 9.59 Å². The molecule has 23 heavy (non-hydrogen) atoms. The summed E-state index contributed by atoms with van der Waals surface area (Å²) >= 11 is 1.51. The maximum absolute atomic E-state index is 11.9. The average molecular weight is 341 g/mol. The molecule has 3 N–H and O–H groups in total. The van der Waals surface area contributed by atoms with E-state index in [1.165, 1.54) is 11.3 Å². The minimum Gasteiger partial charge on any atom is -0.444 e. The molecular formula is C16H27N3O3S. The molecule has 0 fully saturated rings. The fourth-order valence-corrected chi connectivity index (χ4v) is 2.83. The van der Waals surface area contributed by atoms with Crippen molar-refractivity contribution in [3.05, 3.63) is 21.9 Å².